The Morgan fingerprint density at radius 3 is 2.37 bits per heavy atom. The minimum atomic E-state index is 0. The van der Waals surface area contributed by atoms with Crippen molar-refractivity contribution in [2.75, 3.05) is 37.6 Å². The topological polar surface area (TPSA) is 28.6 Å². The Hall–Kier alpha value is -1.20. The Morgan fingerprint density at radius 1 is 0.889 bits per heavy atom. The molecule has 2 aliphatic rings. The van der Waals surface area contributed by atoms with Crippen molar-refractivity contribution in [1.82, 2.24) is 9.88 Å². The van der Waals surface area contributed by atoms with Crippen LogP contribution in [0.2, 0.25) is 0 Å². The van der Waals surface area contributed by atoms with Crippen molar-refractivity contribution in [1.29, 1.82) is 0 Å². The van der Waals surface area contributed by atoms with Crippen LogP contribution in [-0.2, 0) is 0 Å². The highest BCUT2D eigenvalue weighted by molar-refractivity contribution is 5.86. The van der Waals surface area contributed by atoms with Crippen molar-refractivity contribution in [2.24, 2.45) is 0 Å². The summed E-state index contributed by atoms with van der Waals surface area (Å²) in [6.07, 6.45) is 5.99. The number of nitrogens with zero attached hydrogens (tertiary/aromatic N) is 3. The summed E-state index contributed by atoms with van der Waals surface area (Å²) in [5.41, 5.74) is 1.23. The zero-order chi connectivity index (χ0) is 16.2. The third-order valence-corrected chi connectivity index (χ3v) is 5.01. The van der Waals surface area contributed by atoms with Crippen LogP contribution in [-0.4, -0.2) is 42.6 Å². The van der Waals surface area contributed by atoms with Gasteiger partial charge in [-0.2, -0.15) is 0 Å². The first-order chi connectivity index (χ1) is 11.9. The number of anilines is 1. The molecule has 1 unspecified atom stereocenters. The van der Waals surface area contributed by atoms with E-state index in [9.17, 15) is 0 Å². The van der Waals surface area contributed by atoms with Gasteiger partial charge in [-0.15, -0.1) is 37.2 Å². The second-order valence-electron chi connectivity index (χ2n) is 6.69. The molecule has 0 aliphatic carbocycles. The van der Waals surface area contributed by atoms with Gasteiger partial charge in [0.05, 0.1) is 6.54 Å². The van der Waals surface area contributed by atoms with E-state index in [1.807, 2.05) is 18.3 Å². The molecule has 0 radical (unpaired) electrons. The minimum absolute atomic E-state index is 0. The van der Waals surface area contributed by atoms with E-state index < -0.39 is 0 Å². The molecule has 1 aromatic carbocycles. The molecule has 2 aromatic rings. The average molecular weight is 433 g/mol. The summed E-state index contributed by atoms with van der Waals surface area (Å²) in [7, 11) is 0. The van der Waals surface area contributed by atoms with E-state index in [0.29, 0.717) is 0 Å². The van der Waals surface area contributed by atoms with E-state index in [1.54, 1.807) is 0 Å². The van der Waals surface area contributed by atoms with Gasteiger partial charge in [-0.25, -0.2) is 4.98 Å². The normalized spacial score (nSPS) is 18.8. The lowest BCUT2D eigenvalue weighted by Gasteiger charge is -2.37. The quantitative estimate of drug-likeness (QED) is 0.695. The number of pyridine rings is 1. The van der Waals surface area contributed by atoms with E-state index in [0.717, 1.165) is 31.2 Å². The van der Waals surface area contributed by atoms with Crippen molar-refractivity contribution < 1.29 is 4.74 Å². The number of aromatic nitrogens is 1. The lowest BCUT2D eigenvalue weighted by Crippen LogP contribution is -2.42. The number of rotatable bonds is 4. The summed E-state index contributed by atoms with van der Waals surface area (Å²) in [4.78, 5) is 9.55. The first-order valence-corrected chi connectivity index (χ1v) is 9.04. The highest BCUT2D eigenvalue weighted by Gasteiger charge is 2.28. The van der Waals surface area contributed by atoms with E-state index in [1.165, 1.54) is 37.9 Å². The summed E-state index contributed by atoms with van der Waals surface area (Å²) in [6, 6.07) is 14.5. The van der Waals surface area contributed by atoms with Crippen LogP contribution in [0.25, 0.3) is 0 Å². The van der Waals surface area contributed by atoms with Crippen LogP contribution in [0.4, 0.5) is 5.82 Å². The number of piperidine rings is 1. The van der Waals surface area contributed by atoms with Crippen LogP contribution in [0.1, 0.15) is 30.9 Å². The molecule has 1 saturated heterocycles. The Bertz CT molecular complexity index is 669. The Kier molecular flexibility index (Phi) is 10.2. The second kappa shape index (κ2) is 11.6. The fourth-order valence-corrected chi connectivity index (χ4v) is 3.67. The summed E-state index contributed by atoms with van der Waals surface area (Å²) >= 11 is 0. The summed E-state index contributed by atoms with van der Waals surface area (Å²) in [5, 5.41) is 0. The molecule has 4 rings (SSSR count). The molecule has 0 saturated carbocycles. The Balaban J connectivity index is 0.00000121. The van der Waals surface area contributed by atoms with Gasteiger partial charge in [0.25, 0.3) is 0 Å². The maximum absolute atomic E-state index is 6.22. The first-order valence-electron chi connectivity index (χ1n) is 9.04. The van der Waals surface area contributed by atoms with Gasteiger partial charge < -0.3 is 14.5 Å². The van der Waals surface area contributed by atoms with Gasteiger partial charge in [-0.1, -0.05) is 36.8 Å². The fraction of sp³-hybridized carbons (Fsp3) is 0.450. The van der Waals surface area contributed by atoms with Crippen LogP contribution in [0, 0.1) is 0 Å². The average Bonchev–Trinajstić information content (AvgIpc) is 2.67. The van der Waals surface area contributed by atoms with E-state index >= 15 is 0 Å². The Labute approximate surface area is 180 Å². The molecule has 0 spiro atoms. The number of benzene rings is 1. The van der Waals surface area contributed by atoms with E-state index in [-0.39, 0.29) is 43.3 Å². The smallest absolute Gasteiger partial charge is 0.171 e. The molecular weight excluding hydrogens is 405 g/mol. The van der Waals surface area contributed by atoms with Gasteiger partial charge in [0.1, 0.15) is 6.10 Å². The predicted molar refractivity (Wildman–Crippen MR) is 118 cm³/mol. The molecule has 0 N–H and O–H groups in total. The number of hydrogen-bond donors (Lipinski definition) is 0. The maximum Gasteiger partial charge on any atom is 0.171 e. The second-order valence-corrected chi connectivity index (χ2v) is 6.69. The standard InChI is InChI=1S/C20H25N3O.3ClH/c1-3-8-17(9-4-1)19-16-23(15-14-22-12-5-2-6-13-22)20-18(24-19)10-7-11-21-20;;;/h1,3-4,7-11,19H,2,5-6,12-16H2;3*1H. The number of fused-ring (bicyclic) bond motifs is 1. The largest absolute Gasteiger partial charge is 0.480 e. The third kappa shape index (κ3) is 5.89. The fourth-order valence-electron chi connectivity index (χ4n) is 3.67. The summed E-state index contributed by atoms with van der Waals surface area (Å²) in [6.45, 7) is 5.46. The van der Waals surface area contributed by atoms with Crippen LogP contribution in [0.3, 0.4) is 0 Å². The van der Waals surface area contributed by atoms with Crippen LogP contribution in [0.5, 0.6) is 5.75 Å². The van der Waals surface area contributed by atoms with Gasteiger partial charge in [0.2, 0.25) is 0 Å². The molecule has 2 aliphatic heterocycles. The van der Waals surface area contributed by atoms with Crippen LogP contribution in [0.15, 0.2) is 48.7 Å². The Morgan fingerprint density at radius 2 is 1.63 bits per heavy atom. The first kappa shape index (κ1) is 23.8. The van der Waals surface area contributed by atoms with Crippen molar-refractivity contribution in [2.45, 2.75) is 25.4 Å². The summed E-state index contributed by atoms with van der Waals surface area (Å²) < 4.78 is 6.22. The van der Waals surface area contributed by atoms with Crippen LogP contribution >= 0.6 is 37.2 Å². The molecule has 0 bridgehead atoms. The zero-order valence-corrected chi connectivity index (χ0v) is 17.8. The van der Waals surface area contributed by atoms with Crippen LogP contribution < -0.4 is 9.64 Å². The lowest BCUT2D eigenvalue weighted by molar-refractivity contribution is 0.188. The molecule has 1 atom stereocenters. The molecule has 1 fully saturated rings. The van der Waals surface area contributed by atoms with Gasteiger partial charge >= 0.3 is 0 Å². The molecule has 27 heavy (non-hydrogen) atoms. The van der Waals surface area contributed by atoms with Gasteiger partial charge in [0.15, 0.2) is 11.6 Å². The van der Waals surface area contributed by atoms with E-state index in [2.05, 4.69) is 45.1 Å². The molecule has 4 nitrogen and oxygen atoms in total. The molecule has 7 heteroatoms. The number of ether oxygens (including phenoxy) is 1. The molecule has 0 amide bonds. The van der Waals surface area contributed by atoms with E-state index in [4.69, 9.17) is 4.74 Å². The zero-order valence-electron chi connectivity index (χ0n) is 15.3. The highest BCUT2D eigenvalue weighted by atomic mass is 35.5. The van der Waals surface area contributed by atoms with Gasteiger partial charge in [0, 0.05) is 19.3 Å². The molecule has 1 aromatic heterocycles. The van der Waals surface area contributed by atoms with Gasteiger partial charge in [-0.05, 0) is 43.6 Å². The number of halogens is 3. The maximum atomic E-state index is 6.22. The third-order valence-electron chi connectivity index (χ3n) is 5.01. The highest BCUT2D eigenvalue weighted by Crippen LogP contribution is 2.36. The molecule has 3 heterocycles. The van der Waals surface area contributed by atoms with Crippen molar-refractivity contribution in [3.63, 3.8) is 0 Å². The lowest BCUT2D eigenvalue weighted by atomic mass is 10.1. The number of hydrogen-bond acceptors (Lipinski definition) is 4. The van der Waals surface area contributed by atoms with Crippen molar-refractivity contribution in [3.8, 4) is 5.75 Å². The minimum Gasteiger partial charge on any atom is -0.480 e. The van der Waals surface area contributed by atoms with Gasteiger partial charge in [-0.3, -0.25) is 0 Å². The molecule has 150 valence electrons. The molecular formula is C20H28Cl3N3O. The monoisotopic (exact) mass is 431 g/mol. The van der Waals surface area contributed by atoms with Crippen molar-refractivity contribution in [3.05, 3.63) is 54.2 Å². The van der Waals surface area contributed by atoms with Crippen molar-refractivity contribution >= 4 is 43.0 Å². The number of likely N-dealkylation sites (tertiary alicyclic amines) is 1. The predicted octanol–water partition coefficient (Wildman–Crippen LogP) is 4.77. The SMILES string of the molecule is Cl.Cl.Cl.c1ccc(C2CN(CCN3CCCCC3)c3ncccc3O2)cc1. The summed E-state index contributed by atoms with van der Waals surface area (Å²) in [5.74, 6) is 1.89.